The van der Waals surface area contributed by atoms with Gasteiger partial charge >= 0.3 is 6.03 Å². The van der Waals surface area contributed by atoms with Crippen LogP contribution in [0.2, 0.25) is 0 Å². The summed E-state index contributed by atoms with van der Waals surface area (Å²) in [5.74, 6) is 0. The molecule has 6 heteroatoms. The highest BCUT2D eigenvalue weighted by atomic mass is 16.3. The number of aryl methyl sites for hydroxylation is 1. The fourth-order valence-corrected chi connectivity index (χ4v) is 3.01. The average Bonchev–Trinajstić information content (AvgIpc) is 3.18. The highest BCUT2D eigenvalue weighted by Crippen LogP contribution is 2.35. The zero-order chi connectivity index (χ0) is 15.4. The Morgan fingerprint density at radius 1 is 1.45 bits per heavy atom. The molecule has 1 aromatic carbocycles. The van der Waals surface area contributed by atoms with Crippen molar-refractivity contribution in [2.24, 2.45) is 0 Å². The largest absolute Gasteiger partial charge is 0.396 e. The molecule has 1 aromatic heterocycles. The first-order valence-electron chi connectivity index (χ1n) is 7.54. The van der Waals surface area contributed by atoms with Crippen molar-refractivity contribution in [1.82, 2.24) is 15.1 Å². The second-order valence-corrected chi connectivity index (χ2v) is 5.44. The number of carbonyl (C=O) groups excluding carboxylic acids is 1. The van der Waals surface area contributed by atoms with Gasteiger partial charge in [0.2, 0.25) is 0 Å². The van der Waals surface area contributed by atoms with Gasteiger partial charge in [0.1, 0.15) is 0 Å². The van der Waals surface area contributed by atoms with E-state index in [9.17, 15) is 4.79 Å². The second-order valence-electron chi connectivity index (χ2n) is 5.44. The van der Waals surface area contributed by atoms with Gasteiger partial charge in [-0.15, -0.1) is 0 Å². The number of hydrogen-bond donors (Lipinski definition) is 3. The molecular weight excluding hydrogens is 280 g/mol. The Hall–Kier alpha value is -2.34. The van der Waals surface area contributed by atoms with Gasteiger partial charge in [0.25, 0.3) is 0 Å². The molecule has 0 spiro atoms. The van der Waals surface area contributed by atoms with E-state index in [4.69, 9.17) is 5.11 Å². The maximum atomic E-state index is 12.6. The van der Waals surface area contributed by atoms with Crippen molar-refractivity contribution in [3.8, 4) is 0 Å². The van der Waals surface area contributed by atoms with Crippen LogP contribution in [0.3, 0.4) is 0 Å². The zero-order valence-corrected chi connectivity index (χ0v) is 12.3. The lowest BCUT2D eigenvalue weighted by Crippen LogP contribution is -2.38. The molecule has 0 saturated carbocycles. The van der Waals surface area contributed by atoms with Gasteiger partial charge in [-0.3, -0.25) is 5.10 Å². The molecule has 1 atom stereocenters. The van der Waals surface area contributed by atoms with Gasteiger partial charge in [0.05, 0.1) is 17.9 Å². The Kier molecular flexibility index (Phi) is 4.39. The molecule has 2 aromatic rings. The molecule has 6 nitrogen and oxygen atoms in total. The number of aromatic nitrogens is 2. The lowest BCUT2D eigenvalue weighted by molar-refractivity contribution is 0.177. The zero-order valence-electron chi connectivity index (χ0n) is 12.3. The average molecular weight is 300 g/mol. The minimum atomic E-state index is -0.156. The number of aliphatic hydroxyl groups is 1. The van der Waals surface area contributed by atoms with Crippen molar-refractivity contribution < 1.29 is 9.90 Å². The number of amides is 2. The quantitative estimate of drug-likeness (QED) is 0.792. The van der Waals surface area contributed by atoms with Crippen molar-refractivity contribution in [2.45, 2.75) is 25.3 Å². The molecule has 22 heavy (non-hydrogen) atoms. The second kappa shape index (κ2) is 6.62. The molecule has 1 heterocycles. The highest BCUT2D eigenvalue weighted by molar-refractivity contribution is 5.89. The van der Waals surface area contributed by atoms with E-state index in [0.29, 0.717) is 18.7 Å². The summed E-state index contributed by atoms with van der Waals surface area (Å²) in [6.45, 7) is 0.600. The third kappa shape index (κ3) is 2.96. The van der Waals surface area contributed by atoms with Crippen LogP contribution in [0.1, 0.15) is 30.0 Å². The Morgan fingerprint density at radius 2 is 2.32 bits per heavy atom. The lowest BCUT2D eigenvalue weighted by atomic mass is 10.1. The summed E-state index contributed by atoms with van der Waals surface area (Å²) in [7, 11) is 0. The first-order valence-corrected chi connectivity index (χ1v) is 7.54. The van der Waals surface area contributed by atoms with E-state index in [-0.39, 0.29) is 18.7 Å². The van der Waals surface area contributed by atoms with Gasteiger partial charge in [-0.2, -0.15) is 5.10 Å². The summed E-state index contributed by atoms with van der Waals surface area (Å²) >= 11 is 0. The van der Waals surface area contributed by atoms with Crippen LogP contribution >= 0.6 is 0 Å². The molecule has 2 amide bonds. The van der Waals surface area contributed by atoms with Crippen molar-refractivity contribution >= 4 is 11.7 Å². The van der Waals surface area contributed by atoms with Crippen molar-refractivity contribution in [3.63, 3.8) is 0 Å². The summed E-state index contributed by atoms with van der Waals surface area (Å²) < 4.78 is 0. The van der Waals surface area contributed by atoms with E-state index in [1.165, 1.54) is 11.1 Å². The van der Waals surface area contributed by atoms with Crippen LogP contribution in [0.5, 0.6) is 0 Å². The van der Waals surface area contributed by atoms with Crippen molar-refractivity contribution in [1.29, 1.82) is 0 Å². The summed E-state index contributed by atoms with van der Waals surface area (Å²) in [5, 5.41) is 18.5. The minimum Gasteiger partial charge on any atom is -0.396 e. The third-order valence-corrected chi connectivity index (χ3v) is 4.04. The Bertz CT molecular complexity index is 627. The van der Waals surface area contributed by atoms with Gasteiger partial charge < -0.3 is 15.3 Å². The highest BCUT2D eigenvalue weighted by Gasteiger charge is 2.30. The predicted molar refractivity (Wildman–Crippen MR) is 83.5 cm³/mol. The summed E-state index contributed by atoms with van der Waals surface area (Å²) in [6, 6.07) is 8.16. The van der Waals surface area contributed by atoms with Crippen LogP contribution in [0.4, 0.5) is 10.5 Å². The predicted octanol–water partition coefficient (Wildman–Crippen LogP) is 2.31. The Balaban J connectivity index is 1.79. The van der Waals surface area contributed by atoms with Crippen LogP contribution in [-0.4, -0.2) is 39.4 Å². The number of nitrogens with one attached hydrogen (secondary N) is 2. The number of carbonyl (C=O) groups is 1. The summed E-state index contributed by atoms with van der Waals surface area (Å²) in [6.07, 6.45) is 5.69. The molecule has 3 N–H and O–H groups in total. The molecule has 0 unspecified atom stereocenters. The van der Waals surface area contributed by atoms with E-state index < -0.39 is 0 Å². The first-order chi connectivity index (χ1) is 10.8. The van der Waals surface area contributed by atoms with E-state index in [2.05, 4.69) is 27.6 Å². The van der Waals surface area contributed by atoms with E-state index in [1.54, 1.807) is 12.4 Å². The number of H-pyrrole nitrogens is 1. The lowest BCUT2D eigenvalue weighted by Gasteiger charge is -2.29. The number of fused-ring (bicyclic) bond motifs is 1. The van der Waals surface area contributed by atoms with Crippen LogP contribution < -0.4 is 5.32 Å². The molecule has 0 bridgehead atoms. The van der Waals surface area contributed by atoms with E-state index >= 15 is 0 Å². The van der Waals surface area contributed by atoms with Crippen LogP contribution in [0, 0.1) is 0 Å². The maximum Gasteiger partial charge on any atom is 0.322 e. The number of nitrogens with zero attached hydrogens (tertiary/aromatic N) is 2. The first kappa shape index (κ1) is 14.6. The van der Waals surface area contributed by atoms with Crippen LogP contribution in [0.25, 0.3) is 0 Å². The normalized spacial score (nSPS) is 16.3. The molecule has 0 saturated heterocycles. The summed E-state index contributed by atoms with van der Waals surface area (Å²) in [5.41, 5.74) is 3.16. The number of anilines is 1. The van der Waals surface area contributed by atoms with Crippen LogP contribution in [0.15, 0.2) is 36.7 Å². The smallest absolute Gasteiger partial charge is 0.322 e. The van der Waals surface area contributed by atoms with Gasteiger partial charge in [-0.25, -0.2) is 4.79 Å². The summed E-state index contributed by atoms with van der Waals surface area (Å²) in [4.78, 5) is 14.4. The number of hydrogen-bond acceptors (Lipinski definition) is 3. The number of benzene rings is 1. The molecule has 3 rings (SSSR count). The molecule has 116 valence electrons. The third-order valence-electron chi connectivity index (χ3n) is 4.04. The molecule has 0 fully saturated rings. The van der Waals surface area contributed by atoms with Crippen molar-refractivity contribution in [2.75, 3.05) is 18.5 Å². The number of rotatable bonds is 5. The molecule has 0 radical (unpaired) electrons. The number of urea groups is 1. The van der Waals surface area contributed by atoms with E-state index in [0.717, 1.165) is 12.8 Å². The number of aromatic amines is 1. The number of aliphatic hydroxyl groups excluding tert-OH is 1. The fourth-order valence-electron chi connectivity index (χ4n) is 3.01. The Morgan fingerprint density at radius 3 is 3.09 bits per heavy atom. The molecule has 0 aliphatic heterocycles. The van der Waals surface area contributed by atoms with Gasteiger partial charge in [-0.05, 0) is 30.4 Å². The standard InChI is InChI=1S/C16H20N4O2/c21-9-3-8-20(16(22)19-13-10-17-18-11-13)15-7-6-12-4-1-2-5-14(12)15/h1-2,4-5,10-11,15,21H,3,6-9H2,(H,17,18)(H,19,22)/t15-/m0/s1. The van der Waals surface area contributed by atoms with Crippen LogP contribution in [-0.2, 0) is 6.42 Å². The van der Waals surface area contributed by atoms with E-state index in [1.807, 2.05) is 17.0 Å². The van der Waals surface area contributed by atoms with Gasteiger partial charge in [0.15, 0.2) is 0 Å². The monoisotopic (exact) mass is 300 g/mol. The van der Waals surface area contributed by atoms with Gasteiger partial charge in [-0.1, -0.05) is 24.3 Å². The minimum absolute atomic E-state index is 0.0645. The fraction of sp³-hybridized carbons (Fsp3) is 0.375. The van der Waals surface area contributed by atoms with Crippen molar-refractivity contribution in [3.05, 3.63) is 47.8 Å². The molecule has 1 aliphatic carbocycles. The SMILES string of the molecule is O=C(Nc1cn[nH]c1)N(CCCO)[C@H]1CCc2ccccc21. The topological polar surface area (TPSA) is 81.2 Å². The molecular formula is C16H20N4O2. The Labute approximate surface area is 129 Å². The maximum absolute atomic E-state index is 12.6. The van der Waals surface area contributed by atoms with Gasteiger partial charge in [0, 0.05) is 19.3 Å². The molecule has 1 aliphatic rings.